The van der Waals surface area contributed by atoms with E-state index in [1.54, 1.807) is 12.3 Å². The summed E-state index contributed by atoms with van der Waals surface area (Å²) < 4.78 is 13.3. The van der Waals surface area contributed by atoms with Crippen LogP contribution in [0.3, 0.4) is 0 Å². The number of ketones is 1. The van der Waals surface area contributed by atoms with Gasteiger partial charge in [0.15, 0.2) is 5.78 Å². The molecule has 2 aromatic rings. The first-order valence-electron chi connectivity index (χ1n) is 4.41. The number of carbonyl (C=O) groups excluding carboxylic acids is 1. The highest BCUT2D eigenvalue weighted by Gasteiger charge is 2.14. The van der Waals surface area contributed by atoms with Gasteiger partial charge in [-0.3, -0.25) is 4.79 Å². The number of hydrogen-bond acceptors (Lipinski definition) is 2. The number of H-pyrrole nitrogens is 1. The molecule has 3 N–H and O–H groups in total. The number of rotatable bonds is 2. The van der Waals surface area contributed by atoms with E-state index in [-0.39, 0.29) is 11.3 Å². The standard InChI is InChI=1S/C11H9FN2O/c12-10-2-1-8(13)5-9(10)11(15)7-3-4-14-6-7/h1-6,14H,13H2. The Balaban J connectivity index is 2.46. The van der Waals surface area contributed by atoms with Gasteiger partial charge in [-0.15, -0.1) is 0 Å². The molecule has 0 aliphatic carbocycles. The highest BCUT2D eigenvalue weighted by atomic mass is 19.1. The Kier molecular flexibility index (Phi) is 2.25. The highest BCUT2D eigenvalue weighted by molar-refractivity contribution is 6.09. The number of hydrogen-bond donors (Lipinski definition) is 2. The molecule has 2 rings (SSSR count). The number of nitrogens with one attached hydrogen (secondary N) is 1. The number of benzene rings is 1. The number of anilines is 1. The Morgan fingerprint density at radius 2 is 2.13 bits per heavy atom. The molecule has 0 aliphatic rings. The summed E-state index contributed by atoms with van der Waals surface area (Å²) in [6.45, 7) is 0. The molecule has 0 amide bonds. The minimum atomic E-state index is -0.560. The van der Waals surface area contributed by atoms with Crippen molar-refractivity contribution in [2.45, 2.75) is 0 Å². The van der Waals surface area contributed by atoms with Crippen LogP contribution in [0, 0.1) is 5.82 Å². The van der Waals surface area contributed by atoms with Crippen LogP contribution in [0.25, 0.3) is 0 Å². The molecular formula is C11H9FN2O. The maximum absolute atomic E-state index is 13.3. The molecule has 4 heteroatoms. The van der Waals surface area contributed by atoms with Crippen LogP contribution in [0.5, 0.6) is 0 Å². The van der Waals surface area contributed by atoms with Gasteiger partial charge in [0, 0.05) is 23.6 Å². The molecule has 0 unspecified atom stereocenters. The van der Waals surface area contributed by atoms with Crippen molar-refractivity contribution < 1.29 is 9.18 Å². The fourth-order valence-electron chi connectivity index (χ4n) is 1.34. The van der Waals surface area contributed by atoms with Crippen molar-refractivity contribution in [3.05, 3.63) is 53.6 Å². The number of aromatic nitrogens is 1. The van der Waals surface area contributed by atoms with E-state index in [2.05, 4.69) is 4.98 Å². The first-order valence-corrected chi connectivity index (χ1v) is 4.41. The molecule has 0 saturated carbocycles. The van der Waals surface area contributed by atoms with Crippen molar-refractivity contribution in [2.24, 2.45) is 0 Å². The van der Waals surface area contributed by atoms with E-state index in [9.17, 15) is 9.18 Å². The van der Waals surface area contributed by atoms with Gasteiger partial charge in [0.05, 0.1) is 5.56 Å². The van der Waals surface area contributed by atoms with Crippen LogP contribution >= 0.6 is 0 Å². The van der Waals surface area contributed by atoms with Crippen LogP contribution in [0.2, 0.25) is 0 Å². The summed E-state index contributed by atoms with van der Waals surface area (Å²) in [5, 5.41) is 0. The van der Waals surface area contributed by atoms with E-state index in [4.69, 9.17) is 5.73 Å². The fourth-order valence-corrected chi connectivity index (χ4v) is 1.34. The van der Waals surface area contributed by atoms with Gasteiger partial charge in [0.2, 0.25) is 0 Å². The van der Waals surface area contributed by atoms with Gasteiger partial charge in [0.25, 0.3) is 0 Å². The van der Waals surface area contributed by atoms with Crippen molar-refractivity contribution >= 4 is 11.5 Å². The molecule has 76 valence electrons. The van der Waals surface area contributed by atoms with Gasteiger partial charge < -0.3 is 10.7 Å². The lowest BCUT2D eigenvalue weighted by molar-refractivity contribution is 0.103. The molecule has 15 heavy (non-hydrogen) atoms. The molecule has 0 radical (unpaired) electrons. The van der Waals surface area contributed by atoms with Crippen molar-refractivity contribution in [1.82, 2.24) is 4.98 Å². The van der Waals surface area contributed by atoms with Crippen molar-refractivity contribution in [3.8, 4) is 0 Å². The molecule has 0 fully saturated rings. The Hall–Kier alpha value is -2.10. The quantitative estimate of drug-likeness (QED) is 0.580. The van der Waals surface area contributed by atoms with E-state index < -0.39 is 5.82 Å². The lowest BCUT2D eigenvalue weighted by atomic mass is 10.1. The van der Waals surface area contributed by atoms with Gasteiger partial charge in [-0.05, 0) is 24.3 Å². The summed E-state index contributed by atoms with van der Waals surface area (Å²) in [6.07, 6.45) is 3.13. The third-order valence-electron chi connectivity index (χ3n) is 2.10. The van der Waals surface area contributed by atoms with E-state index in [0.717, 1.165) is 0 Å². The van der Waals surface area contributed by atoms with Gasteiger partial charge in [-0.1, -0.05) is 0 Å². The Bertz CT molecular complexity index is 491. The lowest BCUT2D eigenvalue weighted by Crippen LogP contribution is -2.04. The van der Waals surface area contributed by atoms with E-state index in [1.807, 2.05) is 0 Å². The number of halogens is 1. The average molecular weight is 204 g/mol. The molecular weight excluding hydrogens is 195 g/mol. The molecule has 0 atom stereocenters. The van der Waals surface area contributed by atoms with Crippen molar-refractivity contribution in [1.29, 1.82) is 0 Å². The normalized spacial score (nSPS) is 10.2. The molecule has 1 aromatic heterocycles. The third-order valence-corrected chi connectivity index (χ3v) is 2.10. The van der Waals surface area contributed by atoms with E-state index in [0.29, 0.717) is 11.3 Å². The summed E-state index contributed by atoms with van der Waals surface area (Å²) in [6, 6.07) is 5.54. The fraction of sp³-hybridized carbons (Fsp3) is 0. The van der Waals surface area contributed by atoms with Crippen LogP contribution in [0.15, 0.2) is 36.7 Å². The van der Waals surface area contributed by atoms with Gasteiger partial charge in [-0.2, -0.15) is 0 Å². The van der Waals surface area contributed by atoms with Gasteiger partial charge in [0.1, 0.15) is 5.82 Å². The zero-order valence-electron chi connectivity index (χ0n) is 7.83. The minimum Gasteiger partial charge on any atom is -0.399 e. The largest absolute Gasteiger partial charge is 0.399 e. The minimum absolute atomic E-state index is 0.00500. The second-order valence-electron chi connectivity index (χ2n) is 3.17. The van der Waals surface area contributed by atoms with Crippen molar-refractivity contribution in [2.75, 3.05) is 5.73 Å². The zero-order chi connectivity index (χ0) is 10.8. The SMILES string of the molecule is Nc1ccc(F)c(C(=O)c2cc[nH]c2)c1. The Morgan fingerprint density at radius 1 is 1.33 bits per heavy atom. The third kappa shape index (κ3) is 1.74. The molecule has 0 spiro atoms. The van der Waals surface area contributed by atoms with E-state index in [1.165, 1.54) is 24.4 Å². The predicted octanol–water partition coefficient (Wildman–Crippen LogP) is 1.97. The number of nitrogens with two attached hydrogens (primary N) is 1. The second kappa shape index (κ2) is 3.57. The average Bonchev–Trinajstić information content (AvgIpc) is 2.74. The van der Waals surface area contributed by atoms with E-state index >= 15 is 0 Å². The number of carbonyl (C=O) groups is 1. The van der Waals surface area contributed by atoms with Crippen molar-refractivity contribution in [3.63, 3.8) is 0 Å². The topological polar surface area (TPSA) is 58.9 Å². The molecule has 0 saturated heterocycles. The molecule has 1 heterocycles. The first kappa shape index (κ1) is 9.45. The maximum Gasteiger partial charge on any atom is 0.197 e. The molecule has 0 bridgehead atoms. The van der Waals surface area contributed by atoms with Crippen LogP contribution in [-0.4, -0.2) is 10.8 Å². The summed E-state index contributed by atoms with van der Waals surface area (Å²) in [5.74, 6) is -0.934. The zero-order valence-corrected chi connectivity index (χ0v) is 7.83. The molecule has 1 aromatic carbocycles. The second-order valence-corrected chi connectivity index (χ2v) is 3.17. The number of nitrogen functional groups attached to an aromatic ring is 1. The highest BCUT2D eigenvalue weighted by Crippen LogP contribution is 2.16. The first-order chi connectivity index (χ1) is 7.18. The van der Waals surface area contributed by atoms with Gasteiger partial charge in [-0.25, -0.2) is 4.39 Å². The Labute approximate surface area is 85.7 Å². The summed E-state index contributed by atoms with van der Waals surface area (Å²) >= 11 is 0. The van der Waals surface area contributed by atoms with Crippen LogP contribution in [0.4, 0.5) is 10.1 Å². The summed E-state index contributed by atoms with van der Waals surface area (Å²) in [7, 11) is 0. The van der Waals surface area contributed by atoms with Crippen LogP contribution in [0.1, 0.15) is 15.9 Å². The Morgan fingerprint density at radius 3 is 2.80 bits per heavy atom. The molecule has 3 nitrogen and oxygen atoms in total. The lowest BCUT2D eigenvalue weighted by Gasteiger charge is -2.01. The number of aromatic amines is 1. The predicted molar refractivity (Wildman–Crippen MR) is 55.0 cm³/mol. The summed E-state index contributed by atoms with van der Waals surface area (Å²) in [5.41, 5.74) is 6.27. The smallest absolute Gasteiger partial charge is 0.197 e. The maximum atomic E-state index is 13.3. The summed E-state index contributed by atoms with van der Waals surface area (Å²) in [4.78, 5) is 14.5. The van der Waals surface area contributed by atoms with Crippen LogP contribution in [-0.2, 0) is 0 Å². The van der Waals surface area contributed by atoms with Gasteiger partial charge >= 0.3 is 0 Å². The van der Waals surface area contributed by atoms with Crippen LogP contribution < -0.4 is 5.73 Å². The molecule has 0 aliphatic heterocycles. The monoisotopic (exact) mass is 204 g/mol.